The molecule has 1 rings (SSSR count). The molecule has 0 saturated carbocycles. The molecule has 0 bridgehead atoms. The zero-order valence-corrected chi connectivity index (χ0v) is 12.5. The van der Waals surface area contributed by atoms with Gasteiger partial charge < -0.3 is 10.0 Å². The summed E-state index contributed by atoms with van der Waals surface area (Å²) in [4.78, 5) is 0.147. The summed E-state index contributed by atoms with van der Waals surface area (Å²) < 4.78 is 26.2. The van der Waals surface area contributed by atoms with Crippen LogP contribution in [0.3, 0.4) is 0 Å². The summed E-state index contributed by atoms with van der Waals surface area (Å²) in [7, 11) is -5.47. The van der Waals surface area contributed by atoms with Crippen molar-refractivity contribution in [3.63, 3.8) is 0 Å². The Hall–Kier alpha value is -0.885. The number of rotatable bonds is 4. The highest BCUT2D eigenvalue weighted by molar-refractivity contribution is 7.89. The van der Waals surface area contributed by atoms with Crippen molar-refractivity contribution in [1.82, 2.24) is 4.31 Å². The van der Waals surface area contributed by atoms with Gasteiger partial charge in [-0.2, -0.15) is 4.31 Å². The molecule has 0 aliphatic heterocycles. The molecule has 0 amide bonds. The Balaban J connectivity index is 3.23. The van der Waals surface area contributed by atoms with E-state index in [1.165, 1.54) is 12.1 Å². The fraction of sp³-hybridized carbons (Fsp3) is 0.500. The first-order valence-electron chi connectivity index (χ1n) is 6.01. The Kier molecular flexibility index (Phi) is 4.79. The van der Waals surface area contributed by atoms with Crippen LogP contribution in [0.4, 0.5) is 0 Å². The summed E-state index contributed by atoms with van der Waals surface area (Å²) in [6.45, 7) is 7.00. The number of hydrogen-bond acceptors (Lipinski definition) is 4. The molecule has 0 spiro atoms. The molecule has 1 aromatic carbocycles. The topological polar surface area (TPSA) is 77.8 Å². The van der Waals surface area contributed by atoms with E-state index in [2.05, 4.69) is 0 Å². The van der Waals surface area contributed by atoms with Gasteiger partial charge in [-0.1, -0.05) is 17.7 Å². The number of hydrogen-bond donors (Lipinski definition) is 2. The van der Waals surface area contributed by atoms with Crippen LogP contribution in [0.25, 0.3) is 0 Å². The van der Waals surface area contributed by atoms with E-state index < -0.39 is 22.7 Å². The maximum atomic E-state index is 12.5. The molecule has 5 nitrogen and oxygen atoms in total. The van der Waals surface area contributed by atoms with Crippen LogP contribution < -0.4 is 0 Å². The SMILES string of the molecule is Cc1ccc(S(=O)(=O)N(CB(O)O)C(C)(C)C)cc1. The maximum absolute atomic E-state index is 12.5. The van der Waals surface area contributed by atoms with Gasteiger partial charge >= 0.3 is 7.12 Å². The molecule has 106 valence electrons. The van der Waals surface area contributed by atoms with Gasteiger partial charge in [-0.25, -0.2) is 8.42 Å². The van der Waals surface area contributed by atoms with Gasteiger partial charge in [0.1, 0.15) is 0 Å². The summed E-state index contributed by atoms with van der Waals surface area (Å²) in [5, 5.41) is 18.2. The zero-order chi connectivity index (χ0) is 14.8. The Morgan fingerprint density at radius 2 is 1.63 bits per heavy atom. The number of benzene rings is 1. The van der Waals surface area contributed by atoms with Crippen LogP contribution in [0, 0.1) is 6.92 Å². The largest absolute Gasteiger partial charge is 0.467 e. The Morgan fingerprint density at radius 3 is 2.00 bits per heavy atom. The lowest BCUT2D eigenvalue weighted by Crippen LogP contribution is -2.50. The summed E-state index contributed by atoms with van der Waals surface area (Å²) in [6.07, 6.45) is -0.361. The summed E-state index contributed by atoms with van der Waals surface area (Å²) >= 11 is 0. The predicted octanol–water partition coefficient (Wildman–Crippen LogP) is 0.796. The van der Waals surface area contributed by atoms with Crippen molar-refractivity contribution in [2.75, 3.05) is 6.44 Å². The van der Waals surface area contributed by atoms with Gasteiger partial charge in [0, 0.05) is 12.0 Å². The Bertz CT molecular complexity index is 520. The minimum atomic E-state index is -3.76. The van der Waals surface area contributed by atoms with E-state index >= 15 is 0 Å². The van der Waals surface area contributed by atoms with Gasteiger partial charge in [-0.05, 0) is 39.8 Å². The third-order valence-electron chi connectivity index (χ3n) is 2.69. The van der Waals surface area contributed by atoms with Crippen LogP contribution in [0.1, 0.15) is 26.3 Å². The van der Waals surface area contributed by atoms with Gasteiger partial charge in [0.2, 0.25) is 10.0 Å². The first-order valence-corrected chi connectivity index (χ1v) is 7.45. The van der Waals surface area contributed by atoms with Crippen LogP contribution >= 0.6 is 0 Å². The first-order chi connectivity index (χ1) is 8.55. The van der Waals surface area contributed by atoms with Gasteiger partial charge in [0.05, 0.1) is 4.90 Å². The molecular formula is C12H20BNO4S. The molecule has 0 saturated heterocycles. The molecule has 1 aromatic rings. The lowest BCUT2D eigenvalue weighted by Gasteiger charge is -2.34. The highest BCUT2D eigenvalue weighted by Gasteiger charge is 2.36. The second kappa shape index (κ2) is 5.62. The normalized spacial score (nSPS) is 12.8. The fourth-order valence-electron chi connectivity index (χ4n) is 1.72. The molecule has 0 aromatic heterocycles. The standard InChI is InChI=1S/C12H20BNO4S/c1-10-5-7-11(8-6-10)19(17,18)14(9-13(15)16)12(2,3)4/h5-8,15-16H,9H2,1-4H3. The molecule has 0 heterocycles. The summed E-state index contributed by atoms with van der Waals surface area (Å²) in [6, 6.07) is 6.46. The van der Waals surface area contributed by atoms with E-state index in [1.54, 1.807) is 32.9 Å². The smallest absolute Gasteiger partial charge is 0.426 e. The average Bonchev–Trinajstić information content (AvgIpc) is 2.24. The van der Waals surface area contributed by atoms with Crippen molar-refractivity contribution in [2.24, 2.45) is 0 Å². The Morgan fingerprint density at radius 1 is 1.16 bits per heavy atom. The van der Waals surface area contributed by atoms with Crippen LogP contribution in [0.15, 0.2) is 29.2 Å². The van der Waals surface area contributed by atoms with Crippen molar-refractivity contribution >= 4 is 17.1 Å². The van der Waals surface area contributed by atoms with E-state index in [1.807, 2.05) is 6.92 Å². The van der Waals surface area contributed by atoms with Crippen LogP contribution in [-0.2, 0) is 10.0 Å². The number of nitrogens with zero attached hydrogens (tertiary/aromatic N) is 1. The quantitative estimate of drug-likeness (QED) is 0.802. The average molecular weight is 285 g/mol. The third kappa shape index (κ3) is 4.04. The van der Waals surface area contributed by atoms with Crippen molar-refractivity contribution < 1.29 is 18.5 Å². The summed E-state index contributed by atoms with van der Waals surface area (Å²) in [5.41, 5.74) is 0.219. The minimum Gasteiger partial charge on any atom is -0.426 e. The second-order valence-electron chi connectivity index (χ2n) is 5.50. The second-order valence-corrected chi connectivity index (χ2v) is 7.36. The van der Waals surface area contributed by atoms with Gasteiger partial charge in [0.15, 0.2) is 0 Å². The van der Waals surface area contributed by atoms with Crippen LogP contribution in [0.2, 0.25) is 0 Å². The van der Waals surface area contributed by atoms with Crippen molar-refractivity contribution in [3.05, 3.63) is 29.8 Å². The van der Waals surface area contributed by atoms with E-state index in [-0.39, 0.29) is 11.3 Å². The van der Waals surface area contributed by atoms with E-state index in [4.69, 9.17) is 10.0 Å². The molecule has 0 radical (unpaired) electrons. The highest BCUT2D eigenvalue weighted by atomic mass is 32.2. The number of sulfonamides is 1. The van der Waals surface area contributed by atoms with Gasteiger partial charge in [0.25, 0.3) is 0 Å². The predicted molar refractivity (Wildman–Crippen MR) is 75.0 cm³/mol. The first kappa shape index (κ1) is 16.2. The van der Waals surface area contributed by atoms with Crippen molar-refractivity contribution in [3.8, 4) is 0 Å². The fourth-order valence-corrected chi connectivity index (χ4v) is 3.50. The molecule has 0 aliphatic rings. The van der Waals surface area contributed by atoms with Gasteiger partial charge in [-0.3, -0.25) is 0 Å². The molecule has 0 fully saturated rings. The lowest BCUT2D eigenvalue weighted by atomic mass is 9.90. The molecule has 0 unspecified atom stereocenters. The Labute approximate surface area is 115 Å². The number of aryl methyl sites for hydroxylation is 1. The third-order valence-corrected chi connectivity index (χ3v) is 4.83. The van der Waals surface area contributed by atoms with E-state index in [9.17, 15) is 8.42 Å². The van der Waals surface area contributed by atoms with Gasteiger partial charge in [-0.15, -0.1) is 0 Å². The van der Waals surface area contributed by atoms with Crippen molar-refractivity contribution in [2.45, 2.75) is 38.1 Å². The monoisotopic (exact) mass is 285 g/mol. The molecule has 0 aliphatic carbocycles. The van der Waals surface area contributed by atoms with E-state index in [0.717, 1.165) is 9.87 Å². The minimum absolute atomic E-state index is 0.147. The molecule has 7 heteroatoms. The summed E-state index contributed by atoms with van der Waals surface area (Å²) in [5.74, 6) is 0. The van der Waals surface area contributed by atoms with Crippen LogP contribution in [-0.4, -0.2) is 41.9 Å². The van der Waals surface area contributed by atoms with Crippen molar-refractivity contribution in [1.29, 1.82) is 0 Å². The highest BCUT2D eigenvalue weighted by Crippen LogP contribution is 2.24. The molecule has 19 heavy (non-hydrogen) atoms. The van der Waals surface area contributed by atoms with Crippen LogP contribution in [0.5, 0.6) is 0 Å². The maximum Gasteiger partial charge on any atom is 0.467 e. The lowest BCUT2D eigenvalue weighted by molar-refractivity contribution is 0.254. The molecule has 0 atom stereocenters. The zero-order valence-electron chi connectivity index (χ0n) is 11.7. The molecule has 2 N–H and O–H groups in total. The van der Waals surface area contributed by atoms with E-state index in [0.29, 0.717) is 0 Å². The molecular weight excluding hydrogens is 265 g/mol.